The van der Waals surface area contributed by atoms with Gasteiger partial charge in [0.1, 0.15) is 6.04 Å². The van der Waals surface area contributed by atoms with Crippen molar-refractivity contribution in [2.24, 2.45) is 0 Å². The summed E-state index contributed by atoms with van der Waals surface area (Å²) in [6.07, 6.45) is 6.72. The molecule has 1 aliphatic carbocycles. The minimum Gasteiger partial charge on any atom is -0.459 e. The molecular formula is C26H26N2O5. The first-order valence-corrected chi connectivity index (χ1v) is 11.3. The zero-order valence-electron chi connectivity index (χ0n) is 18.2. The van der Waals surface area contributed by atoms with Crippen molar-refractivity contribution in [2.45, 2.75) is 44.2 Å². The Kier molecular flexibility index (Phi) is 6.02. The maximum atomic E-state index is 13.7. The summed E-state index contributed by atoms with van der Waals surface area (Å²) in [5.74, 6) is 0.660. The van der Waals surface area contributed by atoms with Gasteiger partial charge in [-0.15, -0.1) is 0 Å². The molecule has 0 bridgehead atoms. The fourth-order valence-corrected chi connectivity index (χ4v) is 4.52. The summed E-state index contributed by atoms with van der Waals surface area (Å²) in [4.78, 5) is 28.9. The first kappa shape index (κ1) is 21.1. The Hall–Kier alpha value is -3.74. The highest BCUT2D eigenvalue weighted by Crippen LogP contribution is 2.39. The van der Waals surface area contributed by atoms with Gasteiger partial charge in [0.05, 0.1) is 6.26 Å². The number of nitrogens with one attached hydrogen (secondary N) is 1. The van der Waals surface area contributed by atoms with Crippen molar-refractivity contribution in [3.05, 3.63) is 78.3 Å². The number of fused-ring (bicyclic) bond motifs is 1. The lowest BCUT2D eigenvalue weighted by atomic mass is 9.94. The van der Waals surface area contributed by atoms with Crippen LogP contribution in [0, 0.1) is 0 Å². The van der Waals surface area contributed by atoms with Gasteiger partial charge in [0.2, 0.25) is 12.7 Å². The molecule has 2 aromatic carbocycles. The Labute approximate surface area is 192 Å². The molecule has 1 aliphatic heterocycles. The van der Waals surface area contributed by atoms with E-state index in [9.17, 15) is 9.59 Å². The number of hydrogen-bond acceptors (Lipinski definition) is 5. The second-order valence-electron chi connectivity index (χ2n) is 8.35. The normalized spacial score (nSPS) is 16.2. The molecule has 5 rings (SSSR count). The minimum absolute atomic E-state index is 0.106. The Balaban J connectivity index is 1.57. The fraction of sp³-hybridized carbons (Fsp3) is 0.308. The van der Waals surface area contributed by atoms with Crippen molar-refractivity contribution < 1.29 is 23.5 Å². The summed E-state index contributed by atoms with van der Waals surface area (Å²) in [6.45, 7) is 0.120. The van der Waals surface area contributed by atoms with Gasteiger partial charge in [-0.1, -0.05) is 49.6 Å². The van der Waals surface area contributed by atoms with Gasteiger partial charge >= 0.3 is 0 Å². The molecule has 1 fully saturated rings. The summed E-state index contributed by atoms with van der Waals surface area (Å²) in [6, 6.07) is 17.1. The zero-order chi connectivity index (χ0) is 22.6. The Morgan fingerprint density at radius 1 is 0.909 bits per heavy atom. The average Bonchev–Trinajstić information content (AvgIpc) is 3.55. The Bertz CT molecular complexity index is 1110. The van der Waals surface area contributed by atoms with Crippen molar-refractivity contribution in [3.63, 3.8) is 0 Å². The van der Waals surface area contributed by atoms with E-state index in [-0.39, 0.29) is 24.5 Å². The van der Waals surface area contributed by atoms with E-state index in [2.05, 4.69) is 5.32 Å². The van der Waals surface area contributed by atoms with Crippen LogP contribution in [0.1, 0.15) is 54.3 Å². The number of ether oxygens (including phenoxy) is 2. The van der Waals surface area contributed by atoms with Crippen LogP contribution in [-0.4, -0.2) is 24.6 Å². The number of nitrogens with zero attached hydrogens (tertiary/aromatic N) is 1. The molecule has 0 unspecified atom stereocenters. The molecule has 1 N–H and O–H groups in total. The number of carbonyl (C=O) groups is 2. The van der Waals surface area contributed by atoms with E-state index in [1.807, 2.05) is 30.3 Å². The molecule has 33 heavy (non-hydrogen) atoms. The van der Waals surface area contributed by atoms with Crippen LogP contribution in [0.15, 0.2) is 71.3 Å². The molecule has 7 nitrogen and oxygen atoms in total. The van der Waals surface area contributed by atoms with E-state index in [4.69, 9.17) is 13.9 Å². The van der Waals surface area contributed by atoms with E-state index < -0.39 is 11.9 Å². The molecule has 2 aliphatic rings. The van der Waals surface area contributed by atoms with Crippen molar-refractivity contribution in [1.29, 1.82) is 0 Å². The summed E-state index contributed by atoms with van der Waals surface area (Å²) in [5, 5.41) is 3.20. The molecule has 3 aromatic rings. The van der Waals surface area contributed by atoms with Crippen molar-refractivity contribution in [1.82, 2.24) is 5.32 Å². The van der Waals surface area contributed by atoms with E-state index >= 15 is 0 Å². The van der Waals surface area contributed by atoms with Gasteiger partial charge in [0.15, 0.2) is 17.3 Å². The van der Waals surface area contributed by atoms with Gasteiger partial charge in [0.25, 0.3) is 5.91 Å². The molecule has 1 aromatic heterocycles. The van der Waals surface area contributed by atoms with Crippen LogP contribution in [0.4, 0.5) is 5.69 Å². The zero-order valence-corrected chi connectivity index (χ0v) is 18.2. The third kappa shape index (κ3) is 4.44. The second kappa shape index (κ2) is 9.40. The van der Waals surface area contributed by atoms with E-state index in [0.717, 1.165) is 25.7 Å². The van der Waals surface area contributed by atoms with Crippen LogP contribution in [0.25, 0.3) is 0 Å². The van der Waals surface area contributed by atoms with E-state index in [0.29, 0.717) is 22.7 Å². The molecule has 2 amide bonds. The summed E-state index contributed by atoms with van der Waals surface area (Å²) in [7, 11) is 0. The maximum Gasteiger partial charge on any atom is 0.294 e. The first-order chi connectivity index (χ1) is 16.2. The summed E-state index contributed by atoms with van der Waals surface area (Å²) < 4.78 is 16.4. The highest BCUT2D eigenvalue weighted by molar-refractivity contribution is 6.08. The SMILES string of the molecule is O=C(NC1CCCCC1)[C@@H](c1ccccc1)N(C(=O)c1ccco1)c1ccc2c(c1)OCO2. The van der Waals surface area contributed by atoms with Crippen LogP contribution in [0.5, 0.6) is 11.5 Å². The number of anilines is 1. The lowest BCUT2D eigenvalue weighted by molar-refractivity contribution is -0.123. The van der Waals surface area contributed by atoms with Crippen molar-refractivity contribution in [3.8, 4) is 11.5 Å². The number of furan rings is 1. The van der Waals surface area contributed by atoms with Crippen LogP contribution in [0.3, 0.4) is 0 Å². The van der Waals surface area contributed by atoms with E-state index in [1.54, 1.807) is 30.3 Å². The third-order valence-corrected chi connectivity index (χ3v) is 6.16. The number of rotatable bonds is 6. The quantitative estimate of drug-likeness (QED) is 0.586. The maximum absolute atomic E-state index is 13.7. The highest BCUT2D eigenvalue weighted by Gasteiger charge is 2.36. The van der Waals surface area contributed by atoms with E-state index in [1.165, 1.54) is 17.6 Å². The molecule has 0 spiro atoms. The Morgan fingerprint density at radius 2 is 1.70 bits per heavy atom. The fourth-order valence-electron chi connectivity index (χ4n) is 4.52. The lowest BCUT2D eigenvalue weighted by Crippen LogP contribution is -2.47. The number of benzene rings is 2. The molecule has 0 radical (unpaired) electrons. The molecule has 1 atom stereocenters. The molecule has 2 heterocycles. The van der Waals surface area contributed by atoms with Gasteiger partial charge in [-0.2, -0.15) is 0 Å². The summed E-state index contributed by atoms with van der Waals surface area (Å²) in [5.41, 5.74) is 1.23. The van der Waals surface area contributed by atoms with Crippen molar-refractivity contribution >= 4 is 17.5 Å². The monoisotopic (exact) mass is 446 g/mol. The standard InChI is InChI=1S/C26H26N2O5/c29-25(27-19-10-5-2-6-11-19)24(18-8-3-1-4-9-18)28(26(30)22-12-7-15-31-22)20-13-14-21-23(16-20)33-17-32-21/h1,3-4,7-9,12-16,19,24H,2,5-6,10-11,17H2,(H,27,29)/t24-/m1/s1. The second-order valence-corrected chi connectivity index (χ2v) is 8.35. The minimum atomic E-state index is -0.883. The topological polar surface area (TPSA) is 81.0 Å². The van der Waals surface area contributed by atoms with Gasteiger partial charge in [-0.05, 0) is 42.7 Å². The first-order valence-electron chi connectivity index (χ1n) is 11.3. The summed E-state index contributed by atoms with van der Waals surface area (Å²) >= 11 is 0. The van der Waals surface area contributed by atoms with Crippen LogP contribution in [-0.2, 0) is 4.79 Å². The van der Waals surface area contributed by atoms with Gasteiger partial charge in [-0.25, -0.2) is 0 Å². The lowest BCUT2D eigenvalue weighted by Gasteiger charge is -2.33. The number of hydrogen-bond donors (Lipinski definition) is 1. The third-order valence-electron chi connectivity index (χ3n) is 6.16. The molecule has 7 heteroatoms. The van der Waals surface area contributed by atoms with Gasteiger partial charge in [-0.3, -0.25) is 14.5 Å². The van der Waals surface area contributed by atoms with Gasteiger partial charge < -0.3 is 19.2 Å². The number of carbonyl (C=O) groups excluding carboxylic acids is 2. The smallest absolute Gasteiger partial charge is 0.294 e. The largest absolute Gasteiger partial charge is 0.459 e. The Morgan fingerprint density at radius 3 is 2.45 bits per heavy atom. The average molecular weight is 447 g/mol. The molecule has 0 saturated heterocycles. The predicted octanol–water partition coefficient (Wildman–Crippen LogP) is 4.85. The van der Waals surface area contributed by atoms with Crippen LogP contribution >= 0.6 is 0 Å². The number of amides is 2. The molecular weight excluding hydrogens is 420 g/mol. The van der Waals surface area contributed by atoms with Crippen LogP contribution in [0.2, 0.25) is 0 Å². The molecule has 170 valence electrons. The molecule has 1 saturated carbocycles. The van der Waals surface area contributed by atoms with Crippen LogP contribution < -0.4 is 19.7 Å². The van der Waals surface area contributed by atoms with Gasteiger partial charge in [0, 0.05) is 17.8 Å². The predicted molar refractivity (Wildman–Crippen MR) is 122 cm³/mol. The van der Waals surface area contributed by atoms with Crippen molar-refractivity contribution in [2.75, 3.05) is 11.7 Å². The highest BCUT2D eigenvalue weighted by atomic mass is 16.7.